The molecule has 5 heteroatoms. The maximum atomic E-state index is 11.2. The summed E-state index contributed by atoms with van der Waals surface area (Å²) in [6.45, 7) is 9.45. The Balaban J connectivity index is 2.69. The van der Waals surface area contributed by atoms with Crippen molar-refractivity contribution in [3.63, 3.8) is 0 Å². The Kier molecular flexibility index (Phi) is 3.97. The van der Waals surface area contributed by atoms with Crippen LogP contribution in [-0.4, -0.2) is 16.7 Å². The Bertz CT molecular complexity index is 408. The zero-order valence-electron chi connectivity index (χ0n) is 10.1. The number of aromatic nitrogens is 2. The summed E-state index contributed by atoms with van der Waals surface area (Å²) < 4.78 is 0. The van der Waals surface area contributed by atoms with E-state index in [1.807, 2.05) is 0 Å². The van der Waals surface area contributed by atoms with E-state index in [2.05, 4.69) is 43.2 Å². The summed E-state index contributed by atoms with van der Waals surface area (Å²) in [6.07, 6.45) is 1.53. The largest absolute Gasteiger partial charge is 0.382 e. The smallest absolute Gasteiger partial charge is 0.285 e. The lowest BCUT2D eigenvalue weighted by molar-refractivity contribution is 0.274. The fraction of sp³-hybridized carbons (Fsp3) is 0.636. The molecule has 90 valence electrons. The first-order chi connectivity index (χ1) is 7.32. The van der Waals surface area contributed by atoms with Crippen molar-refractivity contribution in [2.24, 2.45) is 11.3 Å². The molecule has 1 unspecified atom stereocenters. The number of nitrogens with one attached hydrogen (secondary N) is 2. The molecule has 16 heavy (non-hydrogen) atoms. The van der Waals surface area contributed by atoms with Gasteiger partial charge in [-0.05, 0) is 11.3 Å². The third kappa shape index (κ3) is 3.23. The van der Waals surface area contributed by atoms with Crippen LogP contribution in [0.4, 0.5) is 5.69 Å². The maximum absolute atomic E-state index is 11.2. The Hall–Kier alpha value is -1.03. The first kappa shape index (κ1) is 13.0. The van der Waals surface area contributed by atoms with Gasteiger partial charge < -0.3 is 5.32 Å². The highest BCUT2D eigenvalue weighted by Gasteiger charge is 2.19. The van der Waals surface area contributed by atoms with Gasteiger partial charge >= 0.3 is 0 Å². The normalized spacial score (nSPS) is 13.6. The van der Waals surface area contributed by atoms with E-state index in [-0.39, 0.29) is 16.0 Å². The van der Waals surface area contributed by atoms with Crippen molar-refractivity contribution in [2.45, 2.75) is 27.7 Å². The summed E-state index contributed by atoms with van der Waals surface area (Å²) in [7, 11) is 0. The van der Waals surface area contributed by atoms with E-state index in [4.69, 9.17) is 11.6 Å². The molecule has 0 aliphatic rings. The number of rotatable bonds is 3. The minimum absolute atomic E-state index is 0.163. The van der Waals surface area contributed by atoms with Gasteiger partial charge in [-0.25, -0.2) is 5.10 Å². The van der Waals surface area contributed by atoms with E-state index in [0.717, 1.165) is 6.54 Å². The number of aromatic amines is 1. The van der Waals surface area contributed by atoms with Gasteiger partial charge in [0, 0.05) is 6.54 Å². The molecular weight excluding hydrogens is 226 g/mol. The molecule has 4 nitrogen and oxygen atoms in total. The van der Waals surface area contributed by atoms with Gasteiger partial charge in [-0.2, -0.15) is 5.10 Å². The van der Waals surface area contributed by atoms with Crippen LogP contribution in [0.1, 0.15) is 27.7 Å². The van der Waals surface area contributed by atoms with E-state index < -0.39 is 0 Å². The first-order valence-electron chi connectivity index (χ1n) is 5.29. The molecular formula is C11H18ClN3O. The van der Waals surface area contributed by atoms with Crippen molar-refractivity contribution in [3.05, 3.63) is 21.6 Å². The lowest BCUT2D eigenvalue weighted by atomic mass is 9.82. The molecule has 1 aromatic rings. The summed E-state index contributed by atoms with van der Waals surface area (Å²) in [5, 5.41) is 9.29. The van der Waals surface area contributed by atoms with Crippen LogP contribution in [0.2, 0.25) is 5.02 Å². The fourth-order valence-electron chi connectivity index (χ4n) is 1.08. The maximum Gasteiger partial charge on any atom is 0.285 e. The second-order valence-electron chi connectivity index (χ2n) is 5.07. The molecule has 0 saturated carbocycles. The third-order valence-electron chi connectivity index (χ3n) is 2.87. The van der Waals surface area contributed by atoms with E-state index in [1.165, 1.54) is 6.20 Å². The highest BCUT2D eigenvalue weighted by atomic mass is 35.5. The molecule has 0 radical (unpaired) electrons. The van der Waals surface area contributed by atoms with Crippen LogP contribution in [-0.2, 0) is 0 Å². The van der Waals surface area contributed by atoms with Gasteiger partial charge in [0.15, 0.2) is 0 Å². The van der Waals surface area contributed by atoms with Gasteiger partial charge in [-0.15, -0.1) is 0 Å². The molecule has 0 amide bonds. The Morgan fingerprint density at radius 1 is 1.56 bits per heavy atom. The lowest BCUT2D eigenvalue weighted by Crippen LogP contribution is -2.25. The molecule has 0 bridgehead atoms. The molecule has 1 atom stereocenters. The summed E-state index contributed by atoms with van der Waals surface area (Å²) in [4.78, 5) is 11.2. The van der Waals surface area contributed by atoms with E-state index >= 15 is 0 Å². The second-order valence-corrected chi connectivity index (χ2v) is 5.45. The molecule has 0 aliphatic carbocycles. The minimum Gasteiger partial charge on any atom is -0.382 e. The van der Waals surface area contributed by atoms with Crippen LogP contribution in [0.25, 0.3) is 0 Å². The molecule has 0 aliphatic heterocycles. The van der Waals surface area contributed by atoms with E-state index in [1.54, 1.807) is 0 Å². The van der Waals surface area contributed by atoms with Gasteiger partial charge in [0.05, 0.1) is 11.9 Å². The topological polar surface area (TPSA) is 57.8 Å². The average Bonchev–Trinajstić information content (AvgIpc) is 2.18. The average molecular weight is 244 g/mol. The fourth-order valence-corrected chi connectivity index (χ4v) is 1.23. The zero-order chi connectivity index (χ0) is 12.3. The SMILES string of the molecule is CC(CNc1cn[nH]c(=O)c1Cl)C(C)(C)C. The van der Waals surface area contributed by atoms with E-state index in [0.29, 0.717) is 11.6 Å². The van der Waals surface area contributed by atoms with Crippen molar-refractivity contribution >= 4 is 17.3 Å². The summed E-state index contributed by atoms with van der Waals surface area (Å²) in [5.74, 6) is 0.461. The van der Waals surface area contributed by atoms with E-state index in [9.17, 15) is 4.79 Å². The van der Waals surface area contributed by atoms with Crippen LogP contribution in [0.3, 0.4) is 0 Å². The number of hydrogen-bond acceptors (Lipinski definition) is 3. The molecule has 0 saturated heterocycles. The molecule has 1 rings (SSSR count). The van der Waals surface area contributed by atoms with Crippen LogP contribution < -0.4 is 10.9 Å². The van der Waals surface area contributed by atoms with Crippen molar-refractivity contribution in [1.82, 2.24) is 10.2 Å². The second kappa shape index (κ2) is 4.87. The zero-order valence-corrected chi connectivity index (χ0v) is 10.9. The Labute approximate surface area is 100 Å². The monoisotopic (exact) mass is 243 g/mol. The van der Waals surface area contributed by atoms with Crippen molar-refractivity contribution in [2.75, 3.05) is 11.9 Å². The van der Waals surface area contributed by atoms with Crippen molar-refractivity contribution < 1.29 is 0 Å². The molecule has 1 heterocycles. The number of halogens is 1. The van der Waals surface area contributed by atoms with Gasteiger partial charge in [0.25, 0.3) is 5.56 Å². The molecule has 0 spiro atoms. The predicted molar refractivity (Wildman–Crippen MR) is 67.0 cm³/mol. The van der Waals surface area contributed by atoms with Gasteiger partial charge in [-0.1, -0.05) is 39.3 Å². The molecule has 0 aromatic carbocycles. The molecule has 1 aromatic heterocycles. The van der Waals surface area contributed by atoms with Crippen LogP contribution >= 0.6 is 11.6 Å². The van der Waals surface area contributed by atoms with Crippen LogP contribution in [0, 0.1) is 11.3 Å². The Morgan fingerprint density at radius 3 is 2.75 bits per heavy atom. The molecule has 0 fully saturated rings. The first-order valence-corrected chi connectivity index (χ1v) is 5.67. The highest BCUT2D eigenvalue weighted by molar-refractivity contribution is 6.32. The summed E-state index contributed by atoms with van der Waals surface area (Å²) >= 11 is 5.84. The summed E-state index contributed by atoms with van der Waals surface area (Å²) in [5.41, 5.74) is 0.435. The predicted octanol–water partition coefficient (Wildman–Crippen LogP) is 2.52. The number of H-pyrrole nitrogens is 1. The lowest BCUT2D eigenvalue weighted by Gasteiger charge is -2.27. The van der Waals surface area contributed by atoms with Crippen LogP contribution in [0.15, 0.2) is 11.0 Å². The minimum atomic E-state index is -0.366. The third-order valence-corrected chi connectivity index (χ3v) is 3.25. The summed E-state index contributed by atoms with van der Waals surface area (Å²) in [6, 6.07) is 0. The van der Waals surface area contributed by atoms with Gasteiger partial charge in [-0.3, -0.25) is 4.79 Å². The number of nitrogens with zero attached hydrogens (tertiary/aromatic N) is 1. The van der Waals surface area contributed by atoms with Crippen molar-refractivity contribution in [3.8, 4) is 0 Å². The quantitative estimate of drug-likeness (QED) is 0.858. The molecule has 2 N–H and O–H groups in total. The standard InChI is InChI=1S/C11H18ClN3O/c1-7(11(2,3)4)5-13-8-6-14-15-10(16)9(8)12/h6-7H,5H2,1-4H3,(H2,13,15,16). The van der Waals surface area contributed by atoms with Crippen LogP contribution in [0.5, 0.6) is 0 Å². The van der Waals surface area contributed by atoms with Gasteiger partial charge in [0.2, 0.25) is 0 Å². The Morgan fingerprint density at radius 2 is 2.19 bits per heavy atom. The number of hydrogen-bond donors (Lipinski definition) is 2. The highest BCUT2D eigenvalue weighted by Crippen LogP contribution is 2.26. The van der Waals surface area contributed by atoms with Gasteiger partial charge in [0.1, 0.15) is 5.02 Å². The van der Waals surface area contributed by atoms with Crippen molar-refractivity contribution in [1.29, 1.82) is 0 Å². The number of anilines is 1.